The smallest absolute Gasteiger partial charge is 0.338 e. The average Bonchev–Trinajstić information content (AvgIpc) is 3.16. The minimum atomic E-state index is -0.331. The fraction of sp³-hybridized carbons (Fsp3) is 0.200. The first-order valence-electron chi connectivity index (χ1n) is 8.32. The molecule has 3 aromatic rings. The van der Waals surface area contributed by atoms with Gasteiger partial charge in [-0.2, -0.15) is 5.10 Å². The number of esters is 1. The van der Waals surface area contributed by atoms with Crippen LogP contribution in [0.2, 0.25) is 5.02 Å². The normalized spacial score (nSPS) is 10.5. The summed E-state index contributed by atoms with van der Waals surface area (Å²) >= 11 is 5.82. The second-order valence-corrected chi connectivity index (χ2v) is 6.13. The summed E-state index contributed by atoms with van der Waals surface area (Å²) in [5.41, 5.74) is 1.61. The molecule has 0 radical (unpaired) electrons. The molecule has 0 unspecified atom stereocenters. The number of carbonyl (C=O) groups excluding carboxylic acids is 1. The van der Waals surface area contributed by atoms with Gasteiger partial charge in [0.25, 0.3) is 0 Å². The Bertz CT molecular complexity index is 815. The summed E-state index contributed by atoms with van der Waals surface area (Å²) < 4.78 is 12.7. The highest BCUT2D eigenvalue weighted by Crippen LogP contribution is 2.15. The van der Waals surface area contributed by atoms with Gasteiger partial charge in [-0.15, -0.1) is 0 Å². The highest BCUT2D eigenvalue weighted by molar-refractivity contribution is 6.30. The molecule has 0 amide bonds. The van der Waals surface area contributed by atoms with E-state index in [4.69, 9.17) is 21.1 Å². The summed E-state index contributed by atoms with van der Waals surface area (Å²) in [6.45, 7) is 1.45. The Morgan fingerprint density at radius 1 is 1.04 bits per heavy atom. The molecule has 3 rings (SSSR count). The van der Waals surface area contributed by atoms with Crippen LogP contribution in [0.4, 0.5) is 0 Å². The number of carbonyl (C=O) groups is 1. The Morgan fingerprint density at radius 2 is 1.81 bits per heavy atom. The molecule has 134 valence electrons. The molecule has 2 aromatic carbocycles. The highest BCUT2D eigenvalue weighted by Gasteiger charge is 2.07. The standard InChI is InChI=1S/C20H19ClN2O3/c21-18-7-9-19(10-8-18)25-13-2-14-26-20(24)17-5-3-16(4-6-17)15-23-12-1-11-22-23/h1,3-12H,2,13-15H2. The van der Waals surface area contributed by atoms with Crippen LogP contribution in [0.25, 0.3) is 0 Å². The number of hydrogen-bond donors (Lipinski definition) is 0. The minimum absolute atomic E-state index is 0.307. The van der Waals surface area contributed by atoms with Crippen LogP contribution in [-0.4, -0.2) is 29.0 Å². The van der Waals surface area contributed by atoms with Crippen LogP contribution >= 0.6 is 11.6 Å². The molecule has 0 aliphatic rings. The molecular formula is C20H19ClN2O3. The molecule has 0 aliphatic heterocycles. The van der Waals surface area contributed by atoms with Crippen molar-refractivity contribution in [1.29, 1.82) is 0 Å². The van der Waals surface area contributed by atoms with Crippen LogP contribution in [0, 0.1) is 0 Å². The molecule has 26 heavy (non-hydrogen) atoms. The summed E-state index contributed by atoms with van der Waals surface area (Å²) in [6, 6.07) is 16.4. The maximum absolute atomic E-state index is 12.0. The topological polar surface area (TPSA) is 53.4 Å². The lowest BCUT2D eigenvalue weighted by Gasteiger charge is -2.08. The summed E-state index contributed by atoms with van der Waals surface area (Å²) in [4.78, 5) is 12.0. The predicted molar refractivity (Wildman–Crippen MR) is 99.6 cm³/mol. The Labute approximate surface area is 157 Å². The van der Waals surface area contributed by atoms with Gasteiger partial charge >= 0.3 is 5.97 Å². The van der Waals surface area contributed by atoms with Gasteiger partial charge in [-0.3, -0.25) is 4.68 Å². The van der Waals surface area contributed by atoms with Crippen molar-refractivity contribution in [3.8, 4) is 5.75 Å². The van der Waals surface area contributed by atoms with Crippen molar-refractivity contribution in [3.05, 3.63) is 83.1 Å². The van der Waals surface area contributed by atoms with Crippen molar-refractivity contribution in [3.63, 3.8) is 0 Å². The van der Waals surface area contributed by atoms with E-state index in [2.05, 4.69) is 5.10 Å². The van der Waals surface area contributed by atoms with Crippen LogP contribution in [0.15, 0.2) is 67.0 Å². The summed E-state index contributed by atoms with van der Waals surface area (Å²) in [7, 11) is 0. The van der Waals surface area contributed by atoms with Crippen LogP contribution < -0.4 is 4.74 Å². The van der Waals surface area contributed by atoms with Gasteiger partial charge in [0.05, 0.1) is 25.3 Å². The Morgan fingerprint density at radius 3 is 2.50 bits per heavy atom. The third-order valence-corrected chi connectivity index (χ3v) is 3.95. The van der Waals surface area contributed by atoms with Gasteiger partial charge in [0.15, 0.2) is 0 Å². The molecule has 1 heterocycles. The van der Waals surface area contributed by atoms with Crippen molar-refractivity contribution >= 4 is 17.6 Å². The third-order valence-electron chi connectivity index (χ3n) is 3.70. The van der Waals surface area contributed by atoms with Crippen LogP contribution in [0.1, 0.15) is 22.3 Å². The van der Waals surface area contributed by atoms with Gasteiger partial charge in [0, 0.05) is 23.8 Å². The molecule has 0 aliphatic carbocycles. The first-order chi connectivity index (χ1) is 12.7. The highest BCUT2D eigenvalue weighted by atomic mass is 35.5. The molecule has 0 saturated carbocycles. The maximum atomic E-state index is 12.0. The number of hydrogen-bond acceptors (Lipinski definition) is 4. The molecule has 0 atom stereocenters. The Hall–Kier alpha value is -2.79. The first-order valence-corrected chi connectivity index (χ1v) is 8.70. The lowest BCUT2D eigenvalue weighted by Crippen LogP contribution is -2.09. The van der Waals surface area contributed by atoms with Crippen molar-refractivity contribution in [2.24, 2.45) is 0 Å². The molecule has 0 bridgehead atoms. The second-order valence-electron chi connectivity index (χ2n) is 5.69. The zero-order chi connectivity index (χ0) is 18.2. The number of nitrogens with zero attached hydrogens (tertiary/aromatic N) is 2. The quantitative estimate of drug-likeness (QED) is 0.440. The van der Waals surface area contributed by atoms with E-state index >= 15 is 0 Å². The zero-order valence-corrected chi connectivity index (χ0v) is 14.9. The number of benzene rings is 2. The van der Waals surface area contributed by atoms with Crippen molar-refractivity contribution in [1.82, 2.24) is 9.78 Å². The van der Waals surface area contributed by atoms with Crippen molar-refractivity contribution < 1.29 is 14.3 Å². The van der Waals surface area contributed by atoms with Crippen molar-refractivity contribution in [2.45, 2.75) is 13.0 Å². The third kappa shape index (κ3) is 5.36. The molecular weight excluding hydrogens is 352 g/mol. The minimum Gasteiger partial charge on any atom is -0.493 e. The molecule has 0 fully saturated rings. The number of halogens is 1. The Balaban J connectivity index is 1.38. The first kappa shape index (κ1) is 18.0. The van der Waals surface area contributed by atoms with Gasteiger partial charge in [-0.1, -0.05) is 23.7 Å². The van der Waals surface area contributed by atoms with E-state index in [0.29, 0.717) is 36.8 Å². The molecule has 6 heteroatoms. The fourth-order valence-electron chi connectivity index (χ4n) is 2.36. The van der Waals surface area contributed by atoms with E-state index in [0.717, 1.165) is 11.3 Å². The van der Waals surface area contributed by atoms with Gasteiger partial charge in [-0.05, 0) is 48.0 Å². The van der Waals surface area contributed by atoms with E-state index in [1.54, 1.807) is 42.6 Å². The fourth-order valence-corrected chi connectivity index (χ4v) is 2.48. The lowest BCUT2D eigenvalue weighted by atomic mass is 10.1. The molecule has 0 N–H and O–H groups in total. The van der Waals surface area contributed by atoms with E-state index in [9.17, 15) is 4.79 Å². The molecule has 0 saturated heterocycles. The number of aromatic nitrogens is 2. The van der Waals surface area contributed by atoms with E-state index in [-0.39, 0.29) is 5.97 Å². The van der Waals surface area contributed by atoms with Gasteiger partial charge in [0.1, 0.15) is 5.75 Å². The van der Waals surface area contributed by atoms with E-state index in [1.807, 2.05) is 29.1 Å². The lowest BCUT2D eigenvalue weighted by molar-refractivity contribution is 0.0486. The van der Waals surface area contributed by atoms with E-state index < -0.39 is 0 Å². The summed E-state index contributed by atoms with van der Waals surface area (Å²) in [5.74, 6) is 0.413. The van der Waals surface area contributed by atoms with Crippen LogP contribution in [0.5, 0.6) is 5.75 Å². The van der Waals surface area contributed by atoms with Crippen LogP contribution in [-0.2, 0) is 11.3 Å². The maximum Gasteiger partial charge on any atom is 0.338 e. The zero-order valence-electron chi connectivity index (χ0n) is 14.2. The Kier molecular flexibility index (Phi) is 6.28. The summed E-state index contributed by atoms with van der Waals surface area (Å²) in [5, 5.41) is 4.83. The SMILES string of the molecule is O=C(OCCCOc1ccc(Cl)cc1)c1ccc(Cn2cccn2)cc1. The van der Waals surface area contributed by atoms with Gasteiger partial charge < -0.3 is 9.47 Å². The molecule has 1 aromatic heterocycles. The predicted octanol–water partition coefficient (Wildman–Crippen LogP) is 4.21. The number of rotatable bonds is 8. The van der Waals surface area contributed by atoms with Gasteiger partial charge in [-0.25, -0.2) is 4.79 Å². The van der Waals surface area contributed by atoms with Gasteiger partial charge in [0.2, 0.25) is 0 Å². The summed E-state index contributed by atoms with van der Waals surface area (Å²) in [6.07, 6.45) is 4.25. The average molecular weight is 371 g/mol. The van der Waals surface area contributed by atoms with Crippen LogP contribution in [0.3, 0.4) is 0 Å². The molecule has 0 spiro atoms. The monoisotopic (exact) mass is 370 g/mol. The second kappa shape index (κ2) is 9.06. The largest absolute Gasteiger partial charge is 0.493 e. The van der Waals surface area contributed by atoms with Crippen molar-refractivity contribution in [2.75, 3.05) is 13.2 Å². The van der Waals surface area contributed by atoms with E-state index in [1.165, 1.54) is 0 Å². The number of ether oxygens (including phenoxy) is 2. The molecule has 5 nitrogen and oxygen atoms in total.